The third-order valence-electron chi connectivity index (χ3n) is 4.76. The molecule has 0 radical (unpaired) electrons. The largest absolute Gasteiger partial charge is 0.497 e. The average molecular weight is 382 g/mol. The average Bonchev–Trinajstić information content (AvgIpc) is 2.71. The Balaban J connectivity index is 1.91. The second-order valence-electron chi connectivity index (χ2n) is 6.45. The van der Waals surface area contributed by atoms with Crippen LogP contribution in [0.15, 0.2) is 45.6 Å². The van der Waals surface area contributed by atoms with Crippen LogP contribution in [-0.2, 0) is 22.6 Å². The minimum absolute atomic E-state index is 0.116. The van der Waals surface area contributed by atoms with E-state index in [9.17, 15) is 9.59 Å². The lowest BCUT2D eigenvalue weighted by Crippen LogP contribution is -2.16. The van der Waals surface area contributed by atoms with Gasteiger partial charge in [-0.1, -0.05) is 12.1 Å². The Kier molecular flexibility index (Phi) is 5.68. The zero-order valence-corrected chi connectivity index (χ0v) is 16.3. The van der Waals surface area contributed by atoms with E-state index >= 15 is 0 Å². The van der Waals surface area contributed by atoms with E-state index in [1.807, 2.05) is 43.3 Å². The molecule has 146 valence electrons. The van der Waals surface area contributed by atoms with Crippen molar-refractivity contribution < 1.29 is 23.4 Å². The van der Waals surface area contributed by atoms with Gasteiger partial charge in [-0.25, -0.2) is 4.79 Å². The van der Waals surface area contributed by atoms with Crippen molar-refractivity contribution in [1.82, 2.24) is 0 Å². The molecule has 0 saturated heterocycles. The summed E-state index contributed by atoms with van der Waals surface area (Å²) in [7, 11) is 2.91. The summed E-state index contributed by atoms with van der Waals surface area (Å²) in [6, 6.07) is 11.3. The van der Waals surface area contributed by atoms with Gasteiger partial charge in [-0.15, -0.1) is 0 Å². The van der Waals surface area contributed by atoms with Crippen molar-refractivity contribution in [2.24, 2.45) is 0 Å². The summed E-state index contributed by atoms with van der Waals surface area (Å²) in [6.07, 6.45) is -0.116. The van der Waals surface area contributed by atoms with Crippen molar-refractivity contribution in [2.75, 3.05) is 14.2 Å². The van der Waals surface area contributed by atoms with Crippen LogP contribution in [0.2, 0.25) is 0 Å². The summed E-state index contributed by atoms with van der Waals surface area (Å²) in [5.74, 6) is 0.933. The van der Waals surface area contributed by atoms with Gasteiger partial charge in [0.15, 0.2) is 0 Å². The number of ether oxygens (including phenoxy) is 3. The Bertz CT molecular complexity index is 1060. The highest BCUT2D eigenvalue weighted by Crippen LogP contribution is 2.30. The topological polar surface area (TPSA) is 75.0 Å². The molecule has 3 aromatic rings. The van der Waals surface area contributed by atoms with E-state index in [1.54, 1.807) is 14.0 Å². The summed E-state index contributed by atoms with van der Waals surface area (Å²) in [6.45, 7) is 4.02. The molecule has 0 atom stereocenters. The van der Waals surface area contributed by atoms with Crippen LogP contribution < -0.4 is 15.1 Å². The number of carbonyl (C=O) groups excluding carboxylic acids is 1. The van der Waals surface area contributed by atoms with E-state index in [2.05, 4.69) is 4.74 Å². The normalized spacial score (nSPS) is 10.7. The molecule has 0 saturated carbocycles. The Morgan fingerprint density at radius 1 is 1.00 bits per heavy atom. The molecule has 3 rings (SSSR count). The maximum atomic E-state index is 12.4. The number of carbonyl (C=O) groups is 1. The molecule has 6 nitrogen and oxygen atoms in total. The first-order chi connectivity index (χ1) is 13.4. The number of fused-ring (bicyclic) bond motifs is 1. The van der Waals surface area contributed by atoms with E-state index < -0.39 is 11.6 Å². The molecule has 0 aliphatic rings. The van der Waals surface area contributed by atoms with Crippen LogP contribution in [-0.4, -0.2) is 20.2 Å². The van der Waals surface area contributed by atoms with Gasteiger partial charge < -0.3 is 18.6 Å². The van der Waals surface area contributed by atoms with Gasteiger partial charge in [-0.3, -0.25) is 4.79 Å². The smallest absolute Gasteiger partial charge is 0.340 e. The van der Waals surface area contributed by atoms with Crippen LogP contribution in [0, 0.1) is 13.8 Å². The third kappa shape index (κ3) is 3.86. The fourth-order valence-corrected chi connectivity index (χ4v) is 3.03. The summed E-state index contributed by atoms with van der Waals surface area (Å²) in [4.78, 5) is 24.0. The van der Waals surface area contributed by atoms with Crippen LogP contribution in [0.3, 0.4) is 0 Å². The summed E-state index contributed by atoms with van der Waals surface area (Å²) >= 11 is 0. The summed E-state index contributed by atoms with van der Waals surface area (Å²) in [5, 5.41) is 0.771. The van der Waals surface area contributed by atoms with Crippen LogP contribution >= 0.6 is 0 Å². The van der Waals surface area contributed by atoms with Gasteiger partial charge in [0.25, 0.3) is 0 Å². The van der Waals surface area contributed by atoms with Crippen LogP contribution in [0.1, 0.15) is 22.3 Å². The molecule has 28 heavy (non-hydrogen) atoms. The van der Waals surface area contributed by atoms with Crippen LogP contribution in [0.25, 0.3) is 11.0 Å². The van der Waals surface area contributed by atoms with Crippen molar-refractivity contribution in [1.29, 1.82) is 0 Å². The SMILES string of the molecule is COC(=O)Cc1c(C)c2ccc(OCc3ccc(OC)cc3)c(C)c2oc1=O. The maximum absolute atomic E-state index is 12.4. The molecule has 0 aliphatic carbocycles. The predicted octanol–water partition coefficient (Wildman–Crippen LogP) is 3.71. The monoisotopic (exact) mass is 382 g/mol. The van der Waals surface area contributed by atoms with Crippen molar-refractivity contribution in [3.63, 3.8) is 0 Å². The molecule has 1 heterocycles. The lowest BCUT2D eigenvalue weighted by Gasteiger charge is -2.13. The van der Waals surface area contributed by atoms with E-state index in [4.69, 9.17) is 13.9 Å². The molecule has 0 fully saturated rings. The van der Waals surface area contributed by atoms with Gasteiger partial charge >= 0.3 is 11.6 Å². The molecule has 1 aromatic heterocycles. The molecule has 0 bridgehead atoms. The number of hydrogen-bond donors (Lipinski definition) is 0. The van der Waals surface area contributed by atoms with E-state index in [1.165, 1.54) is 7.11 Å². The van der Waals surface area contributed by atoms with Gasteiger partial charge in [-0.2, -0.15) is 0 Å². The minimum atomic E-state index is -0.536. The first-order valence-electron chi connectivity index (χ1n) is 8.83. The molecule has 0 spiro atoms. The van der Waals surface area contributed by atoms with Crippen molar-refractivity contribution in [3.05, 3.63) is 69.1 Å². The zero-order valence-electron chi connectivity index (χ0n) is 16.3. The molecule has 2 aromatic carbocycles. The summed E-state index contributed by atoms with van der Waals surface area (Å²) < 4.78 is 21.2. The Morgan fingerprint density at radius 3 is 2.36 bits per heavy atom. The second-order valence-corrected chi connectivity index (χ2v) is 6.45. The Morgan fingerprint density at radius 2 is 1.71 bits per heavy atom. The van der Waals surface area contributed by atoms with Crippen LogP contribution in [0.5, 0.6) is 11.5 Å². The number of rotatable bonds is 6. The fraction of sp³-hybridized carbons (Fsp3) is 0.273. The van der Waals surface area contributed by atoms with E-state index in [0.717, 1.165) is 22.3 Å². The number of hydrogen-bond acceptors (Lipinski definition) is 6. The standard InChI is InChI=1S/C22H22O6/c1-13-17-9-10-19(27-12-15-5-7-16(25-3)8-6-15)14(2)21(17)28-22(24)18(13)11-20(23)26-4/h5-10H,11-12H2,1-4H3. The van der Waals surface area contributed by atoms with Gasteiger partial charge in [0.1, 0.15) is 23.7 Å². The highest BCUT2D eigenvalue weighted by molar-refractivity contribution is 5.86. The van der Waals surface area contributed by atoms with Crippen LogP contribution in [0.4, 0.5) is 0 Å². The van der Waals surface area contributed by atoms with Gasteiger partial charge in [-0.05, 0) is 49.2 Å². The van der Waals surface area contributed by atoms with Gasteiger partial charge in [0.05, 0.1) is 26.2 Å². The first kappa shape index (κ1) is 19.5. The predicted molar refractivity (Wildman–Crippen MR) is 105 cm³/mol. The third-order valence-corrected chi connectivity index (χ3v) is 4.76. The molecule has 0 unspecified atom stereocenters. The van der Waals surface area contributed by atoms with Crippen molar-refractivity contribution in [3.8, 4) is 11.5 Å². The Labute approximate surface area is 162 Å². The molecular weight excluding hydrogens is 360 g/mol. The number of benzene rings is 2. The number of esters is 1. The molecule has 6 heteroatoms. The second kappa shape index (κ2) is 8.17. The van der Waals surface area contributed by atoms with Gasteiger partial charge in [0.2, 0.25) is 0 Å². The first-order valence-corrected chi connectivity index (χ1v) is 8.83. The quantitative estimate of drug-likeness (QED) is 0.478. The highest BCUT2D eigenvalue weighted by Gasteiger charge is 2.17. The molecule has 0 N–H and O–H groups in total. The van der Waals surface area contributed by atoms with Crippen molar-refractivity contribution >= 4 is 16.9 Å². The van der Waals surface area contributed by atoms with Crippen molar-refractivity contribution in [2.45, 2.75) is 26.9 Å². The molecular formula is C22H22O6. The lowest BCUT2D eigenvalue weighted by molar-refractivity contribution is -0.139. The lowest BCUT2D eigenvalue weighted by atomic mass is 10.0. The molecule has 0 aliphatic heterocycles. The van der Waals surface area contributed by atoms with Gasteiger partial charge in [0, 0.05) is 10.9 Å². The maximum Gasteiger partial charge on any atom is 0.340 e. The zero-order chi connectivity index (χ0) is 20.3. The van der Waals surface area contributed by atoms with E-state index in [-0.39, 0.29) is 6.42 Å². The minimum Gasteiger partial charge on any atom is -0.497 e. The molecule has 0 amide bonds. The Hall–Kier alpha value is -3.28. The fourth-order valence-electron chi connectivity index (χ4n) is 3.03. The highest BCUT2D eigenvalue weighted by atomic mass is 16.5. The summed E-state index contributed by atoms with van der Waals surface area (Å²) in [5.41, 5.74) is 2.67. The number of methoxy groups -OCH3 is 2. The van der Waals surface area contributed by atoms with E-state index in [0.29, 0.717) is 29.1 Å². The number of aryl methyl sites for hydroxylation is 2.